The fourth-order valence-corrected chi connectivity index (χ4v) is 3.73. The molecule has 2 saturated heterocycles. The van der Waals surface area contributed by atoms with Crippen molar-refractivity contribution in [2.45, 2.75) is 25.3 Å². The zero-order valence-corrected chi connectivity index (χ0v) is 12.5. The van der Waals surface area contributed by atoms with Gasteiger partial charge in [0.2, 0.25) is 0 Å². The minimum absolute atomic E-state index is 0.0229. The first-order valence-electron chi connectivity index (χ1n) is 7.26. The smallest absolute Gasteiger partial charge is 0.256 e. The van der Waals surface area contributed by atoms with E-state index in [0.717, 1.165) is 19.5 Å². The number of carbonyl (C=O) groups excluding carboxylic acids is 1. The third kappa shape index (κ3) is 2.54. The van der Waals surface area contributed by atoms with Crippen LogP contribution in [0.25, 0.3) is 0 Å². The molecule has 0 radical (unpaired) electrons. The Hall–Kier alpha value is -1.13. The summed E-state index contributed by atoms with van der Waals surface area (Å²) in [6.45, 7) is 2.85. The van der Waals surface area contributed by atoms with Crippen molar-refractivity contribution in [3.8, 4) is 0 Å². The zero-order chi connectivity index (χ0) is 14.1. The monoisotopic (exact) mass is 293 g/mol. The number of fused-ring (bicyclic) bond motifs is 1. The van der Waals surface area contributed by atoms with Gasteiger partial charge in [-0.25, -0.2) is 0 Å². The Labute approximate surface area is 124 Å². The topological polar surface area (TPSA) is 36.4 Å². The molecule has 1 aromatic heterocycles. The van der Waals surface area contributed by atoms with Crippen LogP contribution in [-0.2, 0) is 0 Å². The number of hydrogen-bond donors (Lipinski definition) is 0. The van der Waals surface area contributed by atoms with E-state index in [1.165, 1.54) is 19.4 Å². The second-order valence-corrected chi connectivity index (χ2v) is 6.25. The van der Waals surface area contributed by atoms with Crippen molar-refractivity contribution in [2.24, 2.45) is 5.92 Å². The van der Waals surface area contributed by atoms with Gasteiger partial charge in [0.1, 0.15) is 0 Å². The van der Waals surface area contributed by atoms with Crippen LogP contribution in [0.4, 0.5) is 0 Å². The molecule has 3 heterocycles. The average molecular weight is 294 g/mol. The summed E-state index contributed by atoms with van der Waals surface area (Å²) in [5, 5.41) is 0.493. The Morgan fingerprint density at radius 1 is 1.40 bits per heavy atom. The van der Waals surface area contributed by atoms with Gasteiger partial charge in [-0.1, -0.05) is 11.6 Å². The lowest BCUT2D eigenvalue weighted by atomic mass is 9.84. The molecular formula is C15H20ClN3O. The molecule has 1 amide bonds. The molecular weight excluding hydrogens is 274 g/mol. The Morgan fingerprint density at radius 3 is 3.05 bits per heavy atom. The first-order chi connectivity index (χ1) is 9.66. The first-order valence-corrected chi connectivity index (χ1v) is 7.63. The van der Waals surface area contributed by atoms with Gasteiger partial charge in [0.15, 0.2) is 0 Å². The first kappa shape index (κ1) is 13.8. The molecule has 2 aliphatic rings. The van der Waals surface area contributed by atoms with E-state index in [4.69, 9.17) is 11.6 Å². The van der Waals surface area contributed by atoms with E-state index < -0.39 is 0 Å². The summed E-state index contributed by atoms with van der Waals surface area (Å²) < 4.78 is 0. The van der Waals surface area contributed by atoms with E-state index in [1.807, 2.05) is 4.90 Å². The van der Waals surface area contributed by atoms with Gasteiger partial charge in [-0.2, -0.15) is 0 Å². The lowest BCUT2D eigenvalue weighted by molar-refractivity contribution is 0.0317. The van der Waals surface area contributed by atoms with Crippen LogP contribution in [-0.4, -0.2) is 53.4 Å². The third-order valence-electron chi connectivity index (χ3n) is 4.63. The van der Waals surface area contributed by atoms with Crippen LogP contribution in [0, 0.1) is 5.92 Å². The summed E-state index contributed by atoms with van der Waals surface area (Å²) in [5.41, 5.74) is 0.525. The molecule has 1 aromatic rings. The number of rotatable bonds is 1. The van der Waals surface area contributed by atoms with Gasteiger partial charge in [0.05, 0.1) is 10.6 Å². The minimum Gasteiger partial charge on any atom is -0.338 e. The van der Waals surface area contributed by atoms with Crippen molar-refractivity contribution in [1.82, 2.24) is 14.8 Å². The zero-order valence-electron chi connectivity index (χ0n) is 11.8. The van der Waals surface area contributed by atoms with Crippen molar-refractivity contribution in [3.05, 3.63) is 29.0 Å². The van der Waals surface area contributed by atoms with E-state index in [-0.39, 0.29) is 5.91 Å². The molecule has 2 fully saturated rings. The number of pyridine rings is 1. The highest BCUT2D eigenvalue weighted by Gasteiger charge is 2.36. The summed E-state index contributed by atoms with van der Waals surface area (Å²) >= 11 is 6.10. The van der Waals surface area contributed by atoms with Gasteiger partial charge in [-0.05, 0) is 44.8 Å². The van der Waals surface area contributed by atoms with Gasteiger partial charge in [-0.15, -0.1) is 0 Å². The maximum absolute atomic E-state index is 12.6. The molecule has 0 N–H and O–H groups in total. The van der Waals surface area contributed by atoms with Gasteiger partial charge in [0.25, 0.3) is 5.91 Å². The van der Waals surface area contributed by atoms with Crippen LogP contribution in [0.15, 0.2) is 18.5 Å². The molecule has 2 atom stereocenters. The molecule has 108 valence electrons. The number of aromatic nitrogens is 1. The highest BCUT2D eigenvalue weighted by atomic mass is 35.5. The number of hydrogen-bond acceptors (Lipinski definition) is 3. The van der Waals surface area contributed by atoms with Crippen LogP contribution >= 0.6 is 11.6 Å². The third-order valence-corrected chi connectivity index (χ3v) is 4.96. The van der Waals surface area contributed by atoms with Crippen molar-refractivity contribution in [3.63, 3.8) is 0 Å². The molecule has 0 saturated carbocycles. The maximum atomic E-state index is 12.6. The van der Waals surface area contributed by atoms with Gasteiger partial charge in [0, 0.05) is 31.5 Å². The molecule has 20 heavy (non-hydrogen) atoms. The number of nitrogens with zero attached hydrogens (tertiary/aromatic N) is 3. The van der Waals surface area contributed by atoms with E-state index in [2.05, 4.69) is 16.9 Å². The van der Waals surface area contributed by atoms with Crippen molar-refractivity contribution in [1.29, 1.82) is 0 Å². The SMILES string of the molecule is CN1CCCC2CN(C(=O)c3cnccc3Cl)CCC21. The Balaban J connectivity index is 1.73. The Bertz CT molecular complexity index is 508. The number of likely N-dealkylation sites (tertiary alicyclic amines) is 2. The summed E-state index contributed by atoms with van der Waals surface area (Å²) in [5.74, 6) is 0.622. The van der Waals surface area contributed by atoms with Crippen LogP contribution in [0.2, 0.25) is 5.02 Å². The van der Waals surface area contributed by atoms with Gasteiger partial charge >= 0.3 is 0 Å². The molecule has 5 heteroatoms. The second kappa shape index (κ2) is 5.70. The largest absolute Gasteiger partial charge is 0.338 e. The predicted octanol–water partition coefficient (Wildman–Crippen LogP) is 2.29. The van der Waals surface area contributed by atoms with E-state index in [0.29, 0.717) is 22.5 Å². The predicted molar refractivity (Wildman–Crippen MR) is 78.9 cm³/mol. The number of piperidine rings is 2. The quantitative estimate of drug-likeness (QED) is 0.797. The normalized spacial score (nSPS) is 27.2. The standard InChI is InChI=1S/C15H20ClN3O/c1-18-7-2-3-11-10-19(8-5-14(11)18)15(20)12-9-17-6-4-13(12)16/h4,6,9,11,14H,2-3,5,7-8,10H2,1H3. The van der Waals surface area contributed by atoms with Gasteiger partial charge < -0.3 is 9.80 Å². The van der Waals surface area contributed by atoms with Gasteiger partial charge in [-0.3, -0.25) is 9.78 Å². The number of halogens is 1. The molecule has 3 rings (SSSR count). The molecule has 0 aromatic carbocycles. The highest BCUT2D eigenvalue weighted by molar-refractivity contribution is 6.33. The van der Waals surface area contributed by atoms with Crippen LogP contribution in [0.5, 0.6) is 0 Å². The van der Waals surface area contributed by atoms with Crippen LogP contribution < -0.4 is 0 Å². The minimum atomic E-state index is 0.0229. The number of carbonyl (C=O) groups is 1. The Morgan fingerprint density at radius 2 is 2.25 bits per heavy atom. The molecule has 2 unspecified atom stereocenters. The lowest BCUT2D eigenvalue weighted by Gasteiger charge is -2.46. The average Bonchev–Trinajstić information content (AvgIpc) is 2.47. The van der Waals surface area contributed by atoms with E-state index in [1.54, 1.807) is 18.5 Å². The maximum Gasteiger partial charge on any atom is 0.256 e. The fourth-order valence-electron chi connectivity index (χ4n) is 3.54. The molecule has 0 spiro atoms. The van der Waals surface area contributed by atoms with Crippen LogP contribution in [0.3, 0.4) is 0 Å². The molecule has 4 nitrogen and oxygen atoms in total. The second-order valence-electron chi connectivity index (χ2n) is 5.85. The van der Waals surface area contributed by atoms with E-state index >= 15 is 0 Å². The highest BCUT2D eigenvalue weighted by Crippen LogP contribution is 2.30. The molecule has 0 aliphatic carbocycles. The molecule has 0 bridgehead atoms. The summed E-state index contributed by atoms with van der Waals surface area (Å²) in [4.78, 5) is 21.0. The fraction of sp³-hybridized carbons (Fsp3) is 0.600. The summed E-state index contributed by atoms with van der Waals surface area (Å²) in [6.07, 6.45) is 6.70. The summed E-state index contributed by atoms with van der Waals surface area (Å²) in [6, 6.07) is 2.31. The van der Waals surface area contributed by atoms with Crippen LogP contribution in [0.1, 0.15) is 29.6 Å². The number of amides is 1. The Kier molecular flexibility index (Phi) is 3.94. The lowest BCUT2D eigenvalue weighted by Crippen LogP contribution is -2.53. The summed E-state index contributed by atoms with van der Waals surface area (Å²) in [7, 11) is 2.20. The van der Waals surface area contributed by atoms with E-state index in [9.17, 15) is 4.79 Å². The van der Waals surface area contributed by atoms with Crippen molar-refractivity contribution >= 4 is 17.5 Å². The van der Waals surface area contributed by atoms with Crippen molar-refractivity contribution < 1.29 is 4.79 Å². The molecule has 2 aliphatic heterocycles. The van der Waals surface area contributed by atoms with Crippen molar-refractivity contribution in [2.75, 3.05) is 26.7 Å².